The van der Waals surface area contributed by atoms with Gasteiger partial charge in [0.2, 0.25) is 5.91 Å². The zero-order chi connectivity index (χ0) is 20.2. The first-order valence-corrected chi connectivity index (χ1v) is 10.8. The Morgan fingerprint density at radius 1 is 1.21 bits per heavy atom. The number of carbonyl (C=O) groups excluding carboxylic acids is 1. The lowest BCUT2D eigenvalue weighted by atomic mass is 10.2. The van der Waals surface area contributed by atoms with Crippen LogP contribution in [0, 0.1) is 0 Å². The van der Waals surface area contributed by atoms with Gasteiger partial charge in [-0.25, -0.2) is 0 Å². The van der Waals surface area contributed by atoms with Crippen LogP contribution in [0.25, 0.3) is 0 Å². The van der Waals surface area contributed by atoms with E-state index in [4.69, 9.17) is 0 Å². The zero-order valence-electron chi connectivity index (χ0n) is 17.5. The third-order valence-corrected chi connectivity index (χ3v) is 6.02. The van der Waals surface area contributed by atoms with E-state index in [9.17, 15) is 4.79 Å². The van der Waals surface area contributed by atoms with Crippen LogP contribution >= 0.6 is 0 Å². The number of amides is 1. The van der Waals surface area contributed by atoms with Gasteiger partial charge in [0, 0.05) is 38.6 Å². The van der Waals surface area contributed by atoms with E-state index >= 15 is 0 Å². The normalized spacial score (nSPS) is 19.9. The predicted octanol–water partition coefficient (Wildman–Crippen LogP) is 2.00. The van der Waals surface area contributed by atoms with Gasteiger partial charge in [-0.05, 0) is 38.8 Å². The molecule has 1 amide bonds. The number of rotatable bonds is 6. The quantitative estimate of drug-likeness (QED) is 0.809. The maximum Gasteiger partial charge on any atom is 0.237 e. The lowest BCUT2D eigenvalue weighted by molar-refractivity contribution is -0.134. The van der Waals surface area contributed by atoms with Gasteiger partial charge < -0.3 is 14.8 Å². The molecule has 1 atom stereocenters. The summed E-state index contributed by atoms with van der Waals surface area (Å²) in [5.41, 5.74) is 1.17. The second-order valence-electron chi connectivity index (χ2n) is 8.40. The molecule has 156 valence electrons. The Labute approximate surface area is 173 Å². The molecule has 7 nitrogen and oxygen atoms in total. The van der Waals surface area contributed by atoms with E-state index in [-0.39, 0.29) is 11.9 Å². The average Bonchev–Trinajstić information content (AvgIpc) is 3.34. The Hall–Kier alpha value is -2.25. The molecule has 0 spiro atoms. The highest BCUT2D eigenvalue weighted by Gasteiger charge is 2.27. The molecule has 1 aromatic heterocycles. The number of benzene rings is 1. The van der Waals surface area contributed by atoms with Crippen molar-refractivity contribution in [2.24, 2.45) is 0 Å². The van der Waals surface area contributed by atoms with Crippen molar-refractivity contribution in [2.75, 3.05) is 26.2 Å². The molecule has 7 heteroatoms. The number of hydrogen-bond acceptors (Lipinski definition) is 5. The van der Waals surface area contributed by atoms with Crippen LogP contribution in [-0.2, 0) is 24.3 Å². The van der Waals surface area contributed by atoms with Gasteiger partial charge in [0.05, 0.1) is 12.6 Å². The summed E-state index contributed by atoms with van der Waals surface area (Å²) in [5, 5.41) is 12.4. The molecule has 29 heavy (non-hydrogen) atoms. The summed E-state index contributed by atoms with van der Waals surface area (Å²) >= 11 is 0. The van der Waals surface area contributed by atoms with Crippen LogP contribution in [0.15, 0.2) is 30.3 Å². The van der Waals surface area contributed by atoms with Crippen molar-refractivity contribution in [3.63, 3.8) is 0 Å². The fourth-order valence-electron chi connectivity index (χ4n) is 4.33. The molecular weight excluding hydrogens is 364 g/mol. The fourth-order valence-corrected chi connectivity index (χ4v) is 4.33. The Kier molecular flexibility index (Phi) is 6.25. The molecule has 2 aromatic rings. The van der Waals surface area contributed by atoms with Crippen LogP contribution in [-0.4, -0.2) is 62.7 Å². The first kappa shape index (κ1) is 20.0. The maximum absolute atomic E-state index is 13.1. The maximum atomic E-state index is 13.1. The molecule has 1 saturated heterocycles. The smallest absolute Gasteiger partial charge is 0.237 e. The summed E-state index contributed by atoms with van der Waals surface area (Å²) in [5.74, 6) is 2.31. The first-order chi connectivity index (χ1) is 14.1. The molecule has 1 fully saturated rings. The van der Waals surface area contributed by atoms with E-state index in [2.05, 4.69) is 51.0 Å². The third-order valence-electron chi connectivity index (χ3n) is 6.02. The fraction of sp³-hybridized carbons (Fsp3) is 0.591. The molecule has 2 aliphatic heterocycles. The summed E-state index contributed by atoms with van der Waals surface area (Å²) in [6.45, 7) is 8.90. The molecule has 0 saturated carbocycles. The van der Waals surface area contributed by atoms with Crippen molar-refractivity contribution in [2.45, 2.75) is 58.3 Å². The number of nitrogens with zero attached hydrogens (tertiary/aromatic N) is 5. The van der Waals surface area contributed by atoms with Gasteiger partial charge in [-0.3, -0.25) is 9.69 Å². The van der Waals surface area contributed by atoms with Crippen molar-refractivity contribution in [3.8, 4) is 0 Å². The van der Waals surface area contributed by atoms with Crippen molar-refractivity contribution in [1.29, 1.82) is 0 Å². The van der Waals surface area contributed by atoms with Gasteiger partial charge in [-0.15, -0.1) is 10.2 Å². The molecule has 3 heterocycles. The van der Waals surface area contributed by atoms with Crippen LogP contribution < -0.4 is 5.32 Å². The highest BCUT2D eigenvalue weighted by Crippen LogP contribution is 2.23. The number of aromatic nitrogens is 3. The van der Waals surface area contributed by atoms with Crippen LogP contribution in [0.4, 0.5) is 0 Å². The summed E-state index contributed by atoms with van der Waals surface area (Å²) < 4.78 is 2.28. The van der Waals surface area contributed by atoms with Crippen LogP contribution in [0.2, 0.25) is 0 Å². The standard InChI is InChI=1S/C22H32N6O/c1-17(2)28(15-18-7-4-3-5-8-18)21(29)16-26-12-10-20-24-25-22(27(20)14-13-26)19-9-6-11-23-19/h3-5,7-8,17,19,23H,6,9-16H2,1-2H3. The molecule has 1 unspecified atom stereocenters. The second-order valence-corrected chi connectivity index (χ2v) is 8.40. The summed E-state index contributed by atoms with van der Waals surface area (Å²) in [7, 11) is 0. The average molecular weight is 397 g/mol. The largest absolute Gasteiger partial charge is 0.335 e. The summed E-state index contributed by atoms with van der Waals surface area (Å²) in [6, 6.07) is 10.7. The molecule has 1 aromatic carbocycles. The zero-order valence-corrected chi connectivity index (χ0v) is 17.5. The van der Waals surface area contributed by atoms with E-state index < -0.39 is 0 Å². The SMILES string of the molecule is CC(C)N(Cc1ccccc1)C(=O)CN1CCc2nnc(C3CCCN3)n2CC1. The Balaban J connectivity index is 1.38. The Bertz CT molecular complexity index is 812. The summed E-state index contributed by atoms with van der Waals surface area (Å²) in [6.07, 6.45) is 3.16. The highest BCUT2D eigenvalue weighted by molar-refractivity contribution is 5.78. The van der Waals surface area contributed by atoms with Crippen molar-refractivity contribution in [1.82, 2.24) is 29.9 Å². The highest BCUT2D eigenvalue weighted by atomic mass is 16.2. The van der Waals surface area contributed by atoms with Crippen molar-refractivity contribution >= 4 is 5.91 Å². The summed E-state index contributed by atoms with van der Waals surface area (Å²) in [4.78, 5) is 17.3. The predicted molar refractivity (Wildman–Crippen MR) is 112 cm³/mol. The van der Waals surface area contributed by atoms with Crippen LogP contribution in [0.3, 0.4) is 0 Å². The Morgan fingerprint density at radius 2 is 2.03 bits per heavy atom. The van der Waals surface area contributed by atoms with Crippen LogP contribution in [0.1, 0.15) is 49.9 Å². The topological polar surface area (TPSA) is 66.3 Å². The molecular formula is C22H32N6O. The van der Waals surface area contributed by atoms with Gasteiger partial charge in [0.25, 0.3) is 0 Å². The number of carbonyl (C=O) groups is 1. The lowest BCUT2D eigenvalue weighted by Gasteiger charge is -2.30. The minimum Gasteiger partial charge on any atom is -0.335 e. The van der Waals surface area contributed by atoms with Gasteiger partial charge >= 0.3 is 0 Å². The van der Waals surface area contributed by atoms with E-state index in [1.165, 1.54) is 12.0 Å². The molecule has 0 radical (unpaired) electrons. The number of hydrogen-bond donors (Lipinski definition) is 1. The van der Waals surface area contributed by atoms with Crippen molar-refractivity contribution < 1.29 is 4.79 Å². The van der Waals surface area contributed by atoms with E-state index in [0.29, 0.717) is 19.1 Å². The second kappa shape index (κ2) is 9.05. The van der Waals surface area contributed by atoms with E-state index in [1.54, 1.807) is 0 Å². The van der Waals surface area contributed by atoms with Gasteiger partial charge in [0.15, 0.2) is 0 Å². The number of fused-ring (bicyclic) bond motifs is 1. The van der Waals surface area contributed by atoms with E-state index in [0.717, 1.165) is 50.7 Å². The minimum absolute atomic E-state index is 0.175. The van der Waals surface area contributed by atoms with Gasteiger partial charge in [-0.1, -0.05) is 30.3 Å². The molecule has 1 N–H and O–H groups in total. The van der Waals surface area contributed by atoms with Crippen LogP contribution in [0.5, 0.6) is 0 Å². The molecule has 0 bridgehead atoms. The minimum atomic E-state index is 0.175. The number of nitrogens with one attached hydrogen (secondary N) is 1. The van der Waals surface area contributed by atoms with Gasteiger partial charge in [-0.2, -0.15) is 0 Å². The van der Waals surface area contributed by atoms with Crippen molar-refractivity contribution in [3.05, 3.63) is 47.5 Å². The molecule has 0 aliphatic carbocycles. The first-order valence-electron chi connectivity index (χ1n) is 10.8. The van der Waals surface area contributed by atoms with E-state index in [1.807, 2.05) is 23.1 Å². The monoisotopic (exact) mass is 396 g/mol. The lowest BCUT2D eigenvalue weighted by Crippen LogP contribution is -2.44. The van der Waals surface area contributed by atoms with Gasteiger partial charge in [0.1, 0.15) is 11.6 Å². The third kappa shape index (κ3) is 4.67. The molecule has 4 rings (SSSR count). The Morgan fingerprint density at radius 3 is 2.76 bits per heavy atom. The molecule has 2 aliphatic rings.